The molecule has 0 fully saturated rings. The minimum absolute atomic E-state index is 0.0190. The summed E-state index contributed by atoms with van der Waals surface area (Å²) in [5.74, 6) is -1.07. The van der Waals surface area contributed by atoms with Gasteiger partial charge in [0, 0.05) is 13.0 Å². The number of benzene rings is 2. The zero-order valence-corrected chi connectivity index (χ0v) is 18.3. The van der Waals surface area contributed by atoms with Crippen molar-refractivity contribution in [3.8, 4) is 0 Å². The van der Waals surface area contributed by atoms with Crippen molar-refractivity contribution in [3.63, 3.8) is 0 Å². The number of carbonyl (C=O) groups is 3. The van der Waals surface area contributed by atoms with Crippen LogP contribution in [-0.2, 0) is 20.7 Å². The molecule has 7 nitrogen and oxygen atoms in total. The standard InChI is InChI=1S/C23H27N3O4S/c1-2-16-30-21(28)13-12-20(27)26-23(31)25-19-11-7-6-10-18(19)22(29)24-15-14-17-8-4-3-5-9-17/h3-11H,2,12-16H2,1H3,(H,24,29)(H2,25,26,27,31). The smallest absolute Gasteiger partial charge is 0.306 e. The molecule has 0 unspecified atom stereocenters. The first-order chi connectivity index (χ1) is 15.0. The summed E-state index contributed by atoms with van der Waals surface area (Å²) in [6.45, 7) is 2.72. The Morgan fingerprint density at radius 2 is 1.68 bits per heavy atom. The van der Waals surface area contributed by atoms with Gasteiger partial charge in [-0.3, -0.25) is 14.4 Å². The van der Waals surface area contributed by atoms with E-state index in [2.05, 4.69) is 16.0 Å². The topological polar surface area (TPSA) is 96.5 Å². The Hall–Kier alpha value is -3.26. The number of carbonyl (C=O) groups excluding carboxylic acids is 3. The third-order valence-electron chi connectivity index (χ3n) is 4.24. The number of anilines is 1. The Labute approximate surface area is 187 Å². The first-order valence-corrected chi connectivity index (χ1v) is 10.6. The molecule has 2 aromatic rings. The summed E-state index contributed by atoms with van der Waals surface area (Å²) in [5.41, 5.74) is 2.03. The number of ether oxygens (including phenoxy) is 1. The summed E-state index contributed by atoms with van der Waals surface area (Å²) in [5, 5.41) is 8.33. The fourth-order valence-corrected chi connectivity index (χ4v) is 2.92. The summed E-state index contributed by atoms with van der Waals surface area (Å²) in [6, 6.07) is 16.8. The number of hydrogen-bond donors (Lipinski definition) is 3. The van der Waals surface area contributed by atoms with Gasteiger partial charge in [-0.25, -0.2) is 0 Å². The van der Waals surface area contributed by atoms with E-state index >= 15 is 0 Å². The Morgan fingerprint density at radius 1 is 0.968 bits per heavy atom. The molecule has 2 amide bonds. The highest BCUT2D eigenvalue weighted by molar-refractivity contribution is 7.80. The molecular weight excluding hydrogens is 414 g/mol. The Kier molecular flexibility index (Phi) is 10.2. The molecule has 31 heavy (non-hydrogen) atoms. The highest BCUT2D eigenvalue weighted by atomic mass is 32.1. The van der Waals surface area contributed by atoms with Gasteiger partial charge >= 0.3 is 5.97 Å². The summed E-state index contributed by atoms with van der Waals surface area (Å²) in [6.07, 6.45) is 1.39. The van der Waals surface area contributed by atoms with Gasteiger partial charge in [-0.15, -0.1) is 0 Å². The average Bonchev–Trinajstić information content (AvgIpc) is 2.77. The van der Waals surface area contributed by atoms with Crippen LogP contribution in [0.15, 0.2) is 54.6 Å². The molecule has 0 aromatic heterocycles. The first-order valence-electron chi connectivity index (χ1n) is 10.2. The van der Waals surface area contributed by atoms with E-state index in [4.69, 9.17) is 17.0 Å². The molecule has 3 N–H and O–H groups in total. The summed E-state index contributed by atoms with van der Waals surface area (Å²) in [4.78, 5) is 36.1. The predicted molar refractivity (Wildman–Crippen MR) is 124 cm³/mol. The van der Waals surface area contributed by atoms with Gasteiger partial charge in [-0.2, -0.15) is 0 Å². The van der Waals surface area contributed by atoms with Crippen LogP contribution in [0.5, 0.6) is 0 Å². The van der Waals surface area contributed by atoms with E-state index in [1.165, 1.54) is 0 Å². The Morgan fingerprint density at radius 3 is 2.42 bits per heavy atom. The van der Waals surface area contributed by atoms with Crippen LogP contribution in [0.1, 0.15) is 42.1 Å². The molecule has 0 aliphatic heterocycles. The lowest BCUT2D eigenvalue weighted by Gasteiger charge is -2.13. The van der Waals surface area contributed by atoms with Crippen LogP contribution in [0.3, 0.4) is 0 Å². The lowest BCUT2D eigenvalue weighted by Crippen LogP contribution is -2.35. The Balaban J connectivity index is 1.83. The van der Waals surface area contributed by atoms with Crippen molar-refractivity contribution in [1.29, 1.82) is 0 Å². The van der Waals surface area contributed by atoms with E-state index < -0.39 is 11.9 Å². The second kappa shape index (κ2) is 13.1. The number of esters is 1. The number of nitrogens with one attached hydrogen (secondary N) is 3. The molecule has 0 bridgehead atoms. The molecule has 2 aromatic carbocycles. The molecule has 0 atom stereocenters. The molecular formula is C23H27N3O4S. The molecule has 2 rings (SSSR count). The number of rotatable bonds is 10. The number of thiocarbonyl (C=S) groups is 1. The van der Waals surface area contributed by atoms with Gasteiger partial charge in [-0.1, -0.05) is 49.4 Å². The van der Waals surface area contributed by atoms with E-state index in [1.54, 1.807) is 24.3 Å². The third-order valence-corrected chi connectivity index (χ3v) is 4.44. The second-order valence-electron chi connectivity index (χ2n) is 6.76. The maximum Gasteiger partial charge on any atom is 0.306 e. The fourth-order valence-electron chi connectivity index (χ4n) is 2.70. The van der Waals surface area contributed by atoms with Crippen LogP contribution in [-0.4, -0.2) is 36.0 Å². The first kappa shape index (κ1) is 24.0. The summed E-state index contributed by atoms with van der Waals surface area (Å²) >= 11 is 5.17. The molecule has 8 heteroatoms. The monoisotopic (exact) mass is 441 g/mol. The van der Waals surface area contributed by atoms with Crippen molar-refractivity contribution in [3.05, 3.63) is 65.7 Å². The third kappa shape index (κ3) is 8.96. The van der Waals surface area contributed by atoms with Gasteiger partial charge in [-0.05, 0) is 42.8 Å². The van der Waals surface area contributed by atoms with E-state index in [1.807, 2.05) is 37.3 Å². The minimum atomic E-state index is -0.423. The molecule has 0 saturated heterocycles. The highest BCUT2D eigenvalue weighted by Crippen LogP contribution is 2.15. The van der Waals surface area contributed by atoms with Crippen LogP contribution in [0.25, 0.3) is 0 Å². The van der Waals surface area contributed by atoms with Gasteiger partial charge in [0.05, 0.1) is 24.3 Å². The van der Waals surface area contributed by atoms with Crippen LogP contribution in [0.2, 0.25) is 0 Å². The fraction of sp³-hybridized carbons (Fsp3) is 0.304. The Bertz CT molecular complexity index is 903. The van der Waals surface area contributed by atoms with E-state index in [0.717, 1.165) is 18.4 Å². The van der Waals surface area contributed by atoms with Crippen molar-refractivity contribution in [2.24, 2.45) is 0 Å². The second-order valence-corrected chi connectivity index (χ2v) is 7.17. The van der Waals surface area contributed by atoms with E-state index in [9.17, 15) is 14.4 Å². The molecule has 164 valence electrons. The molecule has 0 radical (unpaired) electrons. The maximum atomic E-state index is 12.6. The van der Waals surface area contributed by atoms with Crippen molar-refractivity contribution < 1.29 is 19.1 Å². The van der Waals surface area contributed by atoms with Gasteiger partial charge in [0.15, 0.2) is 5.11 Å². The summed E-state index contributed by atoms with van der Waals surface area (Å²) < 4.78 is 4.93. The lowest BCUT2D eigenvalue weighted by molar-refractivity contribution is -0.144. The quantitative estimate of drug-likeness (QED) is 0.387. The highest BCUT2D eigenvalue weighted by Gasteiger charge is 2.13. The van der Waals surface area contributed by atoms with E-state index in [-0.39, 0.29) is 23.9 Å². The molecule has 0 aliphatic rings. The normalized spacial score (nSPS) is 10.1. The van der Waals surface area contributed by atoms with Gasteiger partial charge in [0.2, 0.25) is 5.91 Å². The van der Waals surface area contributed by atoms with Gasteiger partial charge in [0.25, 0.3) is 5.91 Å². The van der Waals surface area contributed by atoms with Gasteiger partial charge < -0.3 is 20.7 Å². The van der Waals surface area contributed by atoms with E-state index in [0.29, 0.717) is 24.4 Å². The molecule has 0 spiro atoms. The van der Waals surface area contributed by atoms with Crippen LogP contribution >= 0.6 is 12.2 Å². The maximum absolute atomic E-state index is 12.6. The SMILES string of the molecule is CCCOC(=O)CCC(=O)NC(=S)Nc1ccccc1C(=O)NCCc1ccccc1. The summed E-state index contributed by atoms with van der Waals surface area (Å²) in [7, 11) is 0. The minimum Gasteiger partial charge on any atom is -0.466 e. The lowest BCUT2D eigenvalue weighted by atomic mass is 10.1. The van der Waals surface area contributed by atoms with Gasteiger partial charge in [0.1, 0.15) is 0 Å². The van der Waals surface area contributed by atoms with Crippen LogP contribution in [0, 0.1) is 0 Å². The van der Waals surface area contributed by atoms with Crippen molar-refractivity contribution in [1.82, 2.24) is 10.6 Å². The van der Waals surface area contributed by atoms with Crippen molar-refractivity contribution >= 4 is 40.8 Å². The van der Waals surface area contributed by atoms with Crippen LogP contribution in [0.4, 0.5) is 5.69 Å². The number of amides is 2. The molecule has 0 aliphatic carbocycles. The number of para-hydroxylation sites is 1. The van der Waals surface area contributed by atoms with Crippen molar-refractivity contribution in [2.75, 3.05) is 18.5 Å². The predicted octanol–water partition coefficient (Wildman–Crippen LogP) is 3.21. The molecule has 0 saturated carbocycles. The zero-order chi connectivity index (χ0) is 22.5. The molecule has 0 heterocycles. The largest absolute Gasteiger partial charge is 0.466 e. The van der Waals surface area contributed by atoms with Crippen molar-refractivity contribution in [2.45, 2.75) is 32.6 Å². The zero-order valence-electron chi connectivity index (χ0n) is 17.5. The number of hydrogen-bond acceptors (Lipinski definition) is 5. The average molecular weight is 442 g/mol. The van der Waals surface area contributed by atoms with Crippen LogP contribution < -0.4 is 16.0 Å².